The van der Waals surface area contributed by atoms with Crippen molar-refractivity contribution in [1.29, 1.82) is 5.26 Å². The number of anilines is 1. The Hall–Kier alpha value is -2.27. The van der Waals surface area contributed by atoms with Gasteiger partial charge in [-0.15, -0.1) is 0 Å². The number of hydrogen-bond acceptors (Lipinski definition) is 6. The van der Waals surface area contributed by atoms with E-state index in [9.17, 15) is 13.2 Å². The number of carbonyl (C=O) groups is 1. The maximum atomic E-state index is 11.8. The fraction of sp³-hybridized carbons (Fsp3) is 0.429. The Balaban J connectivity index is 2.67. The standard InChI is InChI=1S/C14H18N2O5S/c1-20-12-6-5-11(9-13(12)21-2)16-14(17)10-22(18,19)8-4-3-7-15/h5-6,9H,3-4,8,10H2,1-2H3,(H,16,17). The lowest BCUT2D eigenvalue weighted by atomic mass is 10.2. The van der Waals surface area contributed by atoms with E-state index in [1.165, 1.54) is 14.2 Å². The number of rotatable bonds is 8. The molecule has 1 N–H and O–H groups in total. The molecule has 0 saturated heterocycles. The highest BCUT2D eigenvalue weighted by Gasteiger charge is 2.17. The van der Waals surface area contributed by atoms with Crippen LogP contribution in [0, 0.1) is 11.3 Å². The number of carbonyl (C=O) groups excluding carboxylic acids is 1. The van der Waals surface area contributed by atoms with Gasteiger partial charge in [-0.1, -0.05) is 0 Å². The summed E-state index contributed by atoms with van der Waals surface area (Å²) in [6.45, 7) is 0. The fourth-order valence-corrected chi connectivity index (χ4v) is 2.95. The van der Waals surface area contributed by atoms with Crippen LogP contribution in [0.4, 0.5) is 5.69 Å². The van der Waals surface area contributed by atoms with Crippen LogP contribution >= 0.6 is 0 Å². The van der Waals surface area contributed by atoms with E-state index in [-0.39, 0.29) is 18.6 Å². The monoisotopic (exact) mass is 326 g/mol. The van der Waals surface area contributed by atoms with Gasteiger partial charge < -0.3 is 14.8 Å². The van der Waals surface area contributed by atoms with Gasteiger partial charge in [0, 0.05) is 18.2 Å². The molecule has 1 aromatic carbocycles. The van der Waals surface area contributed by atoms with Crippen molar-refractivity contribution in [3.8, 4) is 17.6 Å². The predicted octanol–water partition coefficient (Wildman–Crippen LogP) is 1.36. The number of nitrogens with zero attached hydrogens (tertiary/aromatic N) is 1. The van der Waals surface area contributed by atoms with E-state index >= 15 is 0 Å². The Morgan fingerprint density at radius 3 is 2.55 bits per heavy atom. The highest BCUT2D eigenvalue weighted by atomic mass is 32.2. The van der Waals surface area contributed by atoms with Gasteiger partial charge in [0.2, 0.25) is 5.91 Å². The van der Waals surface area contributed by atoms with Crippen LogP contribution in [0.15, 0.2) is 18.2 Å². The first-order valence-corrected chi connectivity index (χ1v) is 8.33. The number of ether oxygens (including phenoxy) is 2. The van der Waals surface area contributed by atoms with E-state index in [1.807, 2.05) is 6.07 Å². The zero-order valence-corrected chi connectivity index (χ0v) is 13.3. The van der Waals surface area contributed by atoms with Crippen molar-refractivity contribution in [2.24, 2.45) is 0 Å². The van der Waals surface area contributed by atoms with Crippen LogP contribution in [0.1, 0.15) is 12.8 Å². The average Bonchev–Trinajstić information content (AvgIpc) is 2.46. The number of unbranched alkanes of at least 4 members (excludes halogenated alkanes) is 1. The number of nitriles is 1. The first-order chi connectivity index (χ1) is 10.4. The Morgan fingerprint density at radius 2 is 1.95 bits per heavy atom. The molecule has 22 heavy (non-hydrogen) atoms. The summed E-state index contributed by atoms with van der Waals surface area (Å²) in [6.07, 6.45) is 0.374. The first-order valence-electron chi connectivity index (χ1n) is 6.51. The summed E-state index contributed by atoms with van der Waals surface area (Å²) < 4.78 is 33.6. The molecule has 0 unspecified atom stereocenters. The smallest absolute Gasteiger partial charge is 0.239 e. The number of nitrogens with one attached hydrogen (secondary N) is 1. The quantitative estimate of drug-likeness (QED) is 0.723. The lowest BCUT2D eigenvalue weighted by Gasteiger charge is -2.10. The van der Waals surface area contributed by atoms with Crippen molar-refractivity contribution < 1.29 is 22.7 Å². The minimum atomic E-state index is -3.52. The van der Waals surface area contributed by atoms with Crippen molar-refractivity contribution in [1.82, 2.24) is 0 Å². The van der Waals surface area contributed by atoms with E-state index in [1.54, 1.807) is 18.2 Å². The van der Waals surface area contributed by atoms with Crippen LogP contribution in [0.5, 0.6) is 11.5 Å². The predicted molar refractivity (Wildman–Crippen MR) is 81.7 cm³/mol. The molecule has 7 nitrogen and oxygen atoms in total. The zero-order chi connectivity index (χ0) is 16.6. The van der Waals surface area contributed by atoms with E-state index in [2.05, 4.69) is 5.32 Å². The van der Waals surface area contributed by atoms with Crippen molar-refractivity contribution >= 4 is 21.4 Å². The molecule has 0 radical (unpaired) electrons. The van der Waals surface area contributed by atoms with Gasteiger partial charge in [0.05, 0.1) is 26.0 Å². The summed E-state index contributed by atoms with van der Waals surface area (Å²) in [5.74, 6) is -0.502. The number of amides is 1. The molecular weight excluding hydrogens is 308 g/mol. The second-order valence-corrected chi connectivity index (χ2v) is 6.66. The third-order valence-electron chi connectivity index (χ3n) is 2.76. The number of methoxy groups -OCH3 is 2. The Kier molecular flexibility index (Phi) is 6.66. The van der Waals surface area contributed by atoms with Crippen molar-refractivity contribution in [2.45, 2.75) is 12.8 Å². The summed E-state index contributed by atoms with van der Waals surface area (Å²) in [5.41, 5.74) is 0.412. The Bertz CT molecular complexity index is 664. The Morgan fingerprint density at radius 1 is 1.27 bits per heavy atom. The summed E-state index contributed by atoms with van der Waals surface area (Å²) in [5, 5.41) is 10.9. The lowest BCUT2D eigenvalue weighted by Crippen LogP contribution is -2.24. The van der Waals surface area contributed by atoms with Gasteiger partial charge >= 0.3 is 0 Å². The second-order valence-electron chi connectivity index (χ2n) is 4.47. The third-order valence-corrected chi connectivity index (χ3v) is 4.37. The molecule has 0 atom stereocenters. The molecule has 0 aliphatic heterocycles. The number of sulfone groups is 1. The van der Waals surface area contributed by atoms with Crippen LogP contribution in [0.2, 0.25) is 0 Å². The summed E-state index contributed by atoms with van der Waals surface area (Å²) in [4.78, 5) is 11.8. The molecule has 0 fully saturated rings. The van der Waals surface area contributed by atoms with Gasteiger partial charge in [-0.3, -0.25) is 4.79 Å². The molecule has 1 aromatic rings. The molecule has 0 aliphatic carbocycles. The van der Waals surface area contributed by atoms with Crippen molar-refractivity contribution in [2.75, 3.05) is 31.0 Å². The molecule has 0 aliphatic rings. The van der Waals surface area contributed by atoms with Crippen LogP contribution in [0.3, 0.4) is 0 Å². The molecule has 0 bridgehead atoms. The minimum absolute atomic E-state index is 0.149. The van der Waals surface area contributed by atoms with Crippen molar-refractivity contribution in [3.63, 3.8) is 0 Å². The van der Waals surface area contributed by atoms with Gasteiger partial charge in [-0.05, 0) is 18.6 Å². The summed E-state index contributed by atoms with van der Waals surface area (Å²) in [7, 11) is -0.569. The SMILES string of the molecule is COc1ccc(NC(=O)CS(=O)(=O)CCCC#N)cc1OC. The maximum absolute atomic E-state index is 11.8. The van der Waals surface area contributed by atoms with Crippen molar-refractivity contribution in [3.05, 3.63) is 18.2 Å². The van der Waals surface area contributed by atoms with Gasteiger partial charge in [0.1, 0.15) is 5.75 Å². The molecule has 0 spiro atoms. The van der Waals surface area contributed by atoms with Crippen LogP contribution < -0.4 is 14.8 Å². The molecule has 1 rings (SSSR count). The number of hydrogen-bond donors (Lipinski definition) is 1. The Labute approximate surface area is 129 Å². The second kappa shape index (κ2) is 8.24. The maximum Gasteiger partial charge on any atom is 0.239 e. The fourth-order valence-electron chi connectivity index (χ4n) is 1.75. The molecule has 0 heterocycles. The number of benzene rings is 1. The highest BCUT2D eigenvalue weighted by molar-refractivity contribution is 7.92. The molecule has 8 heteroatoms. The van der Waals surface area contributed by atoms with E-state index in [0.29, 0.717) is 17.2 Å². The van der Waals surface area contributed by atoms with Gasteiger partial charge in [0.15, 0.2) is 21.3 Å². The molecule has 1 amide bonds. The zero-order valence-electron chi connectivity index (χ0n) is 12.5. The molecule has 120 valence electrons. The third kappa shape index (κ3) is 5.61. The average molecular weight is 326 g/mol. The lowest BCUT2D eigenvalue weighted by molar-refractivity contribution is -0.113. The molecular formula is C14H18N2O5S. The minimum Gasteiger partial charge on any atom is -0.493 e. The van der Waals surface area contributed by atoms with Gasteiger partial charge in [0.25, 0.3) is 0 Å². The molecule has 0 aromatic heterocycles. The topological polar surface area (TPSA) is 105 Å². The van der Waals surface area contributed by atoms with Crippen LogP contribution in [0.25, 0.3) is 0 Å². The van der Waals surface area contributed by atoms with Crippen LogP contribution in [-0.2, 0) is 14.6 Å². The normalized spacial score (nSPS) is 10.6. The van der Waals surface area contributed by atoms with Gasteiger partial charge in [-0.2, -0.15) is 5.26 Å². The van der Waals surface area contributed by atoms with E-state index in [4.69, 9.17) is 14.7 Å². The first kappa shape index (κ1) is 17.8. The summed E-state index contributed by atoms with van der Waals surface area (Å²) in [6, 6.07) is 6.60. The highest BCUT2D eigenvalue weighted by Crippen LogP contribution is 2.29. The van der Waals surface area contributed by atoms with E-state index in [0.717, 1.165) is 0 Å². The largest absolute Gasteiger partial charge is 0.493 e. The van der Waals surface area contributed by atoms with E-state index < -0.39 is 21.5 Å². The molecule has 0 saturated carbocycles. The van der Waals surface area contributed by atoms with Gasteiger partial charge in [-0.25, -0.2) is 8.42 Å². The van der Waals surface area contributed by atoms with Crippen LogP contribution in [-0.4, -0.2) is 40.1 Å². The summed E-state index contributed by atoms with van der Waals surface area (Å²) >= 11 is 0.